The summed E-state index contributed by atoms with van der Waals surface area (Å²) in [5.74, 6) is 0. The van der Waals surface area contributed by atoms with Gasteiger partial charge in [0.2, 0.25) is 0 Å². The van der Waals surface area contributed by atoms with E-state index in [1.54, 1.807) is 25.2 Å². The van der Waals surface area contributed by atoms with Crippen molar-refractivity contribution in [3.63, 3.8) is 0 Å². The van der Waals surface area contributed by atoms with E-state index < -0.39 is 0 Å². The molecule has 6 nitrogen and oxygen atoms in total. The molecule has 0 unspecified atom stereocenters. The van der Waals surface area contributed by atoms with E-state index in [4.69, 9.17) is 4.74 Å². The Balaban J connectivity index is 1.86. The highest BCUT2D eigenvalue weighted by Crippen LogP contribution is 2.32. The molecule has 0 radical (unpaired) electrons. The molecule has 1 aromatic rings. The normalized spacial score (nSPS) is 15.7. The molecule has 116 valence electrons. The van der Waals surface area contributed by atoms with Gasteiger partial charge >= 0.3 is 5.69 Å². The van der Waals surface area contributed by atoms with Crippen LogP contribution in [0.5, 0.6) is 0 Å². The fourth-order valence-electron chi connectivity index (χ4n) is 2.73. The number of nitro benzene ring substituents is 1. The summed E-state index contributed by atoms with van der Waals surface area (Å²) < 4.78 is 5.81. The topological polar surface area (TPSA) is 76.4 Å². The Morgan fingerprint density at radius 1 is 1.29 bits per heavy atom. The first-order valence-corrected chi connectivity index (χ1v) is 7.53. The molecular formula is C15H23N3O3. The van der Waals surface area contributed by atoms with Crippen LogP contribution in [-0.2, 0) is 4.74 Å². The minimum absolute atomic E-state index is 0.0812. The molecule has 2 N–H and O–H groups in total. The van der Waals surface area contributed by atoms with Crippen LogP contribution in [0.15, 0.2) is 18.2 Å². The van der Waals surface area contributed by atoms with Gasteiger partial charge in [-0.2, -0.15) is 0 Å². The van der Waals surface area contributed by atoms with Crippen molar-refractivity contribution in [2.75, 3.05) is 30.8 Å². The predicted molar refractivity (Wildman–Crippen MR) is 84.0 cm³/mol. The predicted octanol–water partition coefficient (Wildman–Crippen LogP) is 3.40. The highest BCUT2D eigenvalue weighted by molar-refractivity contribution is 5.75. The Labute approximate surface area is 125 Å². The first kappa shape index (κ1) is 15.6. The molecule has 0 heterocycles. The van der Waals surface area contributed by atoms with Gasteiger partial charge in [0.1, 0.15) is 11.4 Å². The van der Waals surface area contributed by atoms with Crippen LogP contribution in [0, 0.1) is 10.1 Å². The van der Waals surface area contributed by atoms with E-state index in [9.17, 15) is 10.1 Å². The maximum atomic E-state index is 11.2. The summed E-state index contributed by atoms with van der Waals surface area (Å²) >= 11 is 0. The Morgan fingerprint density at radius 3 is 2.67 bits per heavy atom. The number of rotatable bonds is 7. The first-order chi connectivity index (χ1) is 10.2. The summed E-state index contributed by atoms with van der Waals surface area (Å²) in [6.45, 7) is 1.15. The van der Waals surface area contributed by atoms with Gasteiger partial charge in [-0.15, -0.1) is 0 Å². The van der Waals surface area contributed by atoms with Gasteiger partial charge in [0, 0.05) is 13.6 Å². The van der Waals surface area contributed by atoms with Crippen LogP contribution in [0.3, 0.4) is 0 Å². The van der Waals surface area contributed by atoms with Gasteiger partial charge < -0.3 is 15.4 Å². The number of hydrogen-bond donors (Lipinski definition) is 2. The summed E-state index contributed by atoms with van der Waals surface area (Å²) in [5, 5.41) is 17.1. The van der Waals surface area contributed by atoms with Crippen molar-refractivity contribution in [1.82, 2.24) is 0 Å². The van der Waals surface area contributed by atoms with Crippen molar-refractivity contribution in [1.29, 1.82) is 0 Å². The lowest BCUT2D eigenvalue weighted by atomic mass is 9.98. The summed E-state index contributed by atoms with van der Waals surface area (Å²) in [6, 6.07) is 5.21. The number of nitrogens with one attached hydrogen (secondary N) is 2. The van der Waals surface area contributed by atoms with Gasteiger partial charge in [-0.25, -0.2) is 0 Å². The lowest BCUT2D eigenvalue weighted by molar-refractivity contribution is -0.383. The number of nitrogens with zero attached hydrogens (tertiary/aromatic N) is 1. The van der Waals surface area contributed by atoms with E-state index in [1.165, 1.54) is 19.3 Å². The molecular weight excluding hydrogens is 270 g/mol. The number of ether oxygens (including phenoxy) is 1. The molecule has 1 aliphatic rings. The van der Waals surface area contributed by atoms with Crippen molar-refractivity contribution in [3.05, 3.63) is 28.3 Å². The van der Waals surface area contributed by atoms with Crippen LogP contribution in [0.2, 0.25) is 0 Å². The van der Waals surface area contributed by atoms with Crippen molar-refractivity contribution in [3.8, 4) is 0 Å². The molecule has 1 saturated carbocycles. The minimum atomic E-state index is -0.365. The standard InChI is InChI=1S/C15H23N3O3/c1-16-13-8-5-9-14(15(13)18(19)20)17-10-11-21-12-6-3-2-4-7-12/h5,8-9,12,16-17H,2-4,6-7,10-11H2,1H3. The second-order valence-corrected chi connectivity index (χ2v) is 5.27. The Bertz CT molecular complexity index is 473. The molecule has 21 heavy (non-hydrogen) atoms. The molecule has 1 fully saturated rings. The summed E-state index contributed by atoms with van der Waals surface area (Å²) in [5.41, 5.74) is 1.12. The van der Waals surface area contributed by atoms with E-state index in [0.29, 0.717) is 30.6 Å². The molecule has 0 atom stereocenters. The van der Waals surface area contributed by atoms with Crippen LogP contribution in [0.1, 0.15) is 32.1 Å². The zero-order chi connectivity index (χ0) is 15.1. The third-order valence-electron chi connectivity index (χ3n) is 3.81. The van der Waals surface area contributed by atoms with E-state index in [1.807, 2.05) is 0 Å². The van der Waals surface area contributed by atoms with E-state index >= 15 is 0 Å². The maximum absolute atomic E-state index is 11.2. The number of hydrogen-bond acceptors (Lipinski definition) is 5. The van der Waals surface area contributed by atoms with Gasteiger partial charge in [-0.05, 0) is 25.0 Å². The molecule has 0 saturated heterocycles. The van der Waals surface area contributed by atoms with Gasteiger partial charge in [0.05, 0.1) is 17.6 Å². The largest absolute Gasteiger partial charge is 0.382 e. The number of nitro groups is 1. The highest BCUT2D eigenvalue weighted by Gasteiger charge is 2.18. The second-order valence-electron chi connectivity index (χ2n) is 5.27. The summed E-state index contributed by atoms with van der Waals surface area (Å²) in [7, 11) is 1.68. The van der Waals surface area contributed by atoms with Gasteiger partial charge in [0.25, 0.3) is 0 Å². The van der Waals surface area contributed by atoms with E-state index in [-0.39, 0.29) is 10.6 Å². The monoisotopic (exact) mass is 293 g/mol. The number of para-hydroxylation sites is 1. The molecule has 0 bridgehead atoms. The van der Waals surface area contributed by atoms with Crippen molar-refractivity contribution in [2.45, 2.75) is 38.2 Å². The van der Waals surface area contributed by atoms with Gasteiger partial charge in [-0.3, -0.25) is 10.1 Å². The first-order valence-electron chi connectivity index (χ1n) is 7.53. The molecule has 0 spiro atoms. The number of benzene rings is 1. The van der Waals surface area contributed by atoms with Crippen LogP contribution >= 0.6 is 0 Å². The summed E-state index contributed by atoms with van der Waals surface area (Å²) in [6.07, 6.45) is 6.42. The Kier molecular flexibility index (Phi) is 5.80. The molecule has 2 rings (SSSR count). The third kappa shape index (κ3) is 4.32. The van der Waals surface area contributed by atoms with Crippen LogP contribution in [-0.4, -0.2) is 31.2 Å². The summed E-state index contributed by atoms with van der Waals surface area (Å²) in [4.78, 5) is 10.8. The van der Waals surface area contributed by atoms with Crippen LogP contribution in [0.25, 0.3) is 0 Å². The van der Waals surface area contributed by atoms with Crippen LogP contribution < -0.4 is 10.6 Å². The zero-order valence-corrected chi connectivity index (χ0v) is 12.4. The lowest BCUT2D eigenvalue weighted by Gasteiger charge is -2.22. The molecule has 1 aliphatic carbocycles. The lowest BCUT2D eigenvalue weighted by Crippen LogP contribution is -2.20. The average Bonchev–Trinajstić information content (AvgIpc) is 2.52. The molecule has 6 heteroatoms. The molecule has 0 aliphatic heterocycles. The van der Waals surface area contributed by atoms with Crippen molar-refractivity contribution < 1.29 is 9.66 Å². The smallest absolute Gasteiger partial charge is 0.315 e. The van der Waals surface area contributed by atoms with Crippen molar-refractivity contribution >= 4 is 17.1 Å². The highest BCUT2D eigenvalue weighted by atomic mass is 16.6. The molecule has 0 amide bonds. The Morgan fingerprint density at radius 2 is 2.00 bits per heavy atom. The zero-order valence-electron chi connectivity index (χ0n) is 12.4. The number of anilines is 2. The quantitative estimate of drug-likeness (QED) is 0.458. The van der Waals surface area contributed by atoms with E-state index in [0.717, 1.165) is 12.8 Å². The third-order valence-corrected chi connectivity index (χ3v) is 3.81. The van der Waals surface area contributed by atoms with Crippen LogP contribution in [0.4, 0.5) is 17.1 Å². The van der Waals surface area contributed by atoms with Crippen molar-refractivity contribution in [2.24, 2.45) is 0 Å². The fourth-order valence-corrected chi connectivity index (χ4v) is 2.73. The average molecular weight is 293 g/mol. The SMILES string of the molecule is CNc1cccc(NCCOC2CCCCC2)c1[N+](=O)[O-]. The Hall–Kier alpha value is -1.82. The maximum Gasteiger partial charge on any atom is 0.315 e. The van der Waals surface area contributed by atoms with Gasteiger partial charge in [-0.1, -0.05) is 25.3 Å². The molecule has 0 aromatic heterocycles. The van der Waals surface area contributed by atoms with E-state index in [2.05, 4.69) is 10.6 Å². The second kappa shape index (κ2) is 7.83. The minimum Gasteiger partial charge on any atom is -0.382 e. The fraction of sp³-hybridized carbons (Fsp3) is 0.600. The molecule has 1 aromatic carbocycles. The van der Waals surface area contributed by atoms with Gasteiger partial charge in [0.15, 0.2) is 0 Å².